The van der Waals surface area contributed by atoms with Crippen LogP contribution in [0.2, 0.25) is 0 Å². The predicted octanol–water partition coefficient (Wildman–Crippen LogP) is 4.21. The molecular formula is C16H26F4N2O. The molecule has 0 saturated heterocycles. The van der Waals surface area contributed by atoms with E-state index >= 15 is 0 Å². The lowest BCUT2D eigenvalue weighted by Gasteiger charge is -2.13. The maximum atomic E-state index is 13.5. The molecule has 0 spiro atoms. The molecule has 0 unspecified atom stereocenters. The Labute approximate surface area is 135 Å². The summed E-state index contributed by atoms with van der Waals surface area (Å²) < 4.78 is 53.2. The van der Waals surface area contributed by atoms with Gasteiger partial charge in [-0.3, -0.25) is 0 Å². The zero-order valence-corrected chi connectivity index (χ0v) is 14.1. The molecule has 0 aromatic heterocycles. The largest absolute Gasteiger partial charge is 0.396 e. The van der Waals surface area contributed by atoms with Crippen molar-refractivity contribution in [2.75, 3.05) is 18.9 Å². The summed E-state index contributed by atoms with van der Waals surface area (Å²) in [6, 6.07) is 0. The van der Waals surface area contributed by atoms with Crippen LogP contribution in [0.4, 0.5) is 23.2 Å². The molecule has 4 N–H and O–H groups in total. The van der Waals surface area contributed by atoms with Crippen molar-refractivity contribution >= 4 is 11.4 Å². The van der Waals surface area contributed by atoms with Gasteiger partial charge in [-0.05, 0) is 6.42 Å². The molecule has 0 atom stereocenters. The standard InChI is InChI=1S/C11H12F4N2O.C3H8.C2H6/c1-5(17-3-2-4-18)6-7(12)9(14)11(16)10(15)8(6)13;1-3-2;1-2/h17-18H,1-4,16H2;3H2,1-2H3;1-2H3. The third-order valence-corrected chi connectivity index (χ3v) is 2.27. The van der Waals surface area contributed by atoms with Crippen molar-refractivity contribution < 1.29 is 22.7 Å². The van der Waals surface area contributed by atoms with E-state index in [1.54, 1.807) is 0 Å². The molecule has 134 valence electrons. The molecule has 23 heavy (non-hydrogen) atoms. The Kier molecular flexibility index (Phi) is 13.0. The smallest absolute Gasteiger partial charge is 0.185 e. The fourth-order valence-corrected chi connectivity index (χ4v) is 1.32. The number of halogens is 4. The van der Waals surface area contributed by atoms with Crippen LogP contribution in [-0.2, 0) is 0 Å². The Morgan fingerprint density at radius 3 is 1.78 bits per heavy atom. The molecule has 3 nitrogen and oxygen atoms in total. The van der Waals surface area contributed by atoms with Gasteiger partial charge in [0.15, 0.2) is 23.3 Å². The number of nitrogens with one attached hydrogen (secondary N) is 1. The molecule has 0 radical (unpaired) electrons. The molecule has 0 saturated carbocycles. The van der Waals surface area contributed by atoms with Gasteiger partial charge in [-0.15, -0.1) is 0 Å². The van der Waals surface area contributed by atoms with E-state index < -0.39 is 34.5 Å². The number of nitrogen functional groups attached to an aromatic ring is 1. The Hall–Kier alpha value is -1.76. The first-order chi connectivity index (χ1) is 10.8. The fourth-order valence-electron chi connectivity index (χ4n) is 1.32. The number of hydrogen-bond donors (Lipinski definition) is 3. The number of benzene rings is 1. The van der Waals surface area contributed by atoms with Gasteiger partial charge >= 0.3 is 0 Å². The number of aliphatic hydroxyl groups excluding tert-OH is 1. The van der Waals surface area contributed by atoms with E-state index in [2.05, 4.69) is 25.7 Å². The van der Waals surface area contributed by atoms with Crippen molar-refractivity contribution in [3.05, 3.63) is 35.4 Å². The van der Waals surface area contributed by atoms with Crippen molar-refractivity contribution in [1.29, 1.82) is 0 Å². The monoisotopic (exact) mass is 338 g/mol. The average molecular weight is 338 g/mol. The van der Waals surface area contributed by atoms with E-state index in [9.17, 15) is 17.6 Å². The molecule has 0 aliphatic carbocycles. The Balaban J connectivity index is 0. The first-order valence-electron chi connectivity index (χ1n) is 7.48. The Morgan fingerprint density at radius 2 is 1.43 bits per heavy atom. The maximum Gasteiger partial charge on any atom is 0.185 e. The minimum atomic E-state index is -1.66. The molecule has 1 aromatic carbocycles. The van der Waals surface area contributed by atoms with Crippen LogP contribution in [0.25, 0.3) is 5.70 Å². The Bertz CT molecular complexity index is 464. The van der Waals surface area contributed by atoms with Crippen LogP contribution in [0.3, 0.4) is 0 Å². The lowest BCUT2D eigenvalue weighted by Crippen LogP contribution is -2.18. The van der Waals surface area contributed by atoms with E-state index in [-0.39, 0.29) is 18.8 Å². The number of anilines is 1. The zero-order valence-electron chi connectivity index (χ0n) is 14.1. The summed E-state index contributed by atoms with van der Waals surface area (Å²) in [4.78, 5) is 0. The van der Waals surface area contributed by atoms with Crippen LogP contribution in [0.1, 0.15) is 46.1 Å². The van der Waals surface area contributed by atoms with Gasteiger partial charge < -0.3 is 16.2 Å². The molecule has 0 bridgehead atoms. The molecule has 0 aliphatic heterocycles. The lowest BCUT2D eigenvalue weighted by molar-refractivity contribution is 0.288. The second-order valence-electron chi connectivity index (χ2n) is 4.23. The summed E-state index contributed by atoms with van der Waals surface area (Å²) in [5, 5.41) is 11.0. The van der Waals surface area contributed by atoms with Crippen molar-refractivity contribution in [3.63, 3.8) is 0 Å². The second-order valence-corrected chi connectivity index (χ2v) is 4.23. The fraction of sp³-hybridized carbons (Fsp3) is 0.500. The van der Waals surface area contributed by atoms with Crippen LogP contribution in [0.5, 0.6) is 0 Å². The molecule has 7 heteroatoms. The van der Waals surface area contributed by atoms with E-state index in [1.165, 1.54) is 6.42 Å². The highest BCUT2D eigenvalue weighted by Gasteiger charge is 2.25. The summed E-state index contributed by atoms with van der Waals surface area (Å²) in [5.41, 5.74) is 2.39. The number of rotatable bonds is 5. The van der Waals surface area contributed by atoms with Crippen molar-refractivity contribution in [3.8, 4) is 0 Å². The molecule has 1 rings (SSSR count). The van der Waals surface area contributed by atoms with Gasteiger partial charge in [0.2, 0.25) is 0 Å². The maximum absolute atomic E-state index is 13.5. The van der Waals surface area contributed by atoms with Crippen molar-refractivity contribution in [1.82, 2.24) is 5.32 Å². The SMILES string of the molecule is C=C(NCCCO)c1c(F)c(F)c(N)c(F)c1F.CC.CCC. The van der Waals surface area contributed by atoms with E-state index in [1.807, 2.05) is 13.8 Å². The molecule has 0 fully saturated rings. The highest BCUT2D eigenvalue weighted by atomic mass is 19.2. The van der Waals surface area contributed by atoms with Crippen LogP contribution < -0.4 is 11.1 Å². The van der Waals surface area contributed by atoms with Gasteiger partial charge in [0.05, 0.1) is 5.56 Å². The van der Waals surface area contributed by atoms with Gasteiger partial charge in [-0.2, -0.15) is 0 Å². The molecule has 0 amide bonds. The van der Waals surface area contributed by atoms with Gasteiger partial charge in [-0.25, -0.2) is 17.6 Å². The second kappa shape index (κ2) is 12.8. The lowest BCUT2D eigenvalue weighted by atomic mass is 10.1. The number of aliphatic hydroxyl groups is 1. The molecule has 0 aliphatic rings. The number of nitrogens with two attached hydrogens (primary N) is 1. The van der Waals surface area contributed by atoms with Crippen molar-refractivity contribution in [2.45, 2.75) is 40.5 Å². The highest BCUT2D eigenvalue weighted by molar-refractivity contribution is 5.65. The molecular weight excluding hydrogens is 312 g/mol. The van der Waals surface area contributed by atoms with Crippen LogP contribution in [0.15, 0.2) is 6.58 Å². The van der Waals surface area contributed by atoms with E-state index in [0.717, 1.165) is 0 Å². The van der Waals surface area contributed by atoms with Crippen LogP contribution >= 0.6 is 0 Å². The summed E-state index contributed by atoms with van der Waals surface area (Å²) in [6.07, 6.45) is 1.54. The average Bonchev–Trinajstić information content (AvgIpc) is 2.54. The zero-order chi connectivity index (χ0) is 18.6. The third-order valence-electron chi connectivity index (χ3n) is 2.27. The first kappa shape index (κ1) is 23.5. The Morgan fingerprint density at radius 1 is 1.04 bits per heavy atom. The van der Waals surface area contributed by atoms with Crippen LogP contribution in [0, 0.1) is 23.3 Å². The highest BCUT2D eigenvalue weighted by Crippen LogP contribution is 2.28. The van der Waals surface area contributed by atoms with Crippen LogP contribution in [-0.4, -0.2) is 18.3 Å². The van der Waals surface area contributed by atoms with Gasteiger partial charge in [-0.1, -0.05) is 40.7 Å². The van der Waals surface area contributed by atoms with Crippen molar-refractivity contribution in [2.24, 2.45) is 0 Å². The summed E-state index contributed by atoms with van der Waals surface area (Å²) in [6.45, 7) is 11.5. The summed E-state index contributed by atoms with van der Waals surface area (Å²) in [5.74, 6) is -6.52. The van der Waals surface area contributed by atoms with Gasteiger partial charge in [0, 0.05) is 18.8 Å². The summed E-state index contributed by atoms with van der Waals surface area (Å²) >= 11 is 0. The van der Waals surface area contributed by atoms with E-state index in [4.69, 9.17) is 10.8 Å². The minimum Gasteiger partial charge on any atom is -0.396 e. The normalized spacial score (nSPS) is 9.26. The van der Waals surface area contributed by atoms with E-state index in [0.29, 0.717) is 6.42 Å². The first-order valence-corrected chi connectivity index (χ1v) is 7.48. The minimum absolute atomic E-state index is 0.143. The number of hydrogen-bond acceptors (Lipinski definition) is 3. The quantitative estimate of drug-likeness (QED) is 0.326. The third kappa shape index (κ3) is 6.90. The van der Waals surface area contributed by atoms with Gasteiger partial charge in [0.1, 0.15) is 5.69 Å². The molecule has 1 aromatic rings. The topological polar surface area (TPSA) is 58.3 Å². The summed E-state index contributed by atoms with van der Waals surface area (Å²) in [7, 11) is 0. The van der Waals surface area contributed by atoms with Gasteiger partial charge in [0.25, 0.3) is 0 Å². The molecule has 0 heterocycles. The predicted molar refractivity (Wildman–Crippen MR) is 86.7 cm³/mol.